The summed E-state index contributed by atoms with van der Waals surface area (Å²) < 4.78 is 11.3. The Morgan fingerprint density at radius 1 is 1.11 bits per heavy atom. The summed E-state index contributed by atoms with van der Waals surface area (Å²) in [4.78, 5) is 23.6. The SMILES string of the molecule is Cc1cc(-c2cnc(-c3ccc4c(c3)N(C3COC3)C(=O)C4(C)C)o2)ccn1. The van der Waals surface area contributed by atoms with Gasteiger partial charge in [-0.15, -0.1) is 0 Å². The van der Waals surface area contributed by atoms with Gasteiger partial charge in [0.15, 0.2) is 5.76 Å². The van der Waals surface area contributed by atoms with Crippen molar-refractivity contribution >= 4 is 11.6 Å². The van der Waals surface area contributed by atoms with E-state index in [1.54, 1.807) is 12.4 Å². The van der Waals surface area contributed by atoms with Crippen LogP contribution in [0, 0.1) is 6.92 Å². The maximum Gasteiger partial charge on any atom is 0.237 e. The van der Waals surface area contributed by atoms with E-state index in [0.717, 1.165) is 28.1 Å². The fraction of sp³-hybridized carbons (Fsp3) is 0.318. The highest BCUT2D eigenvalue weighted by molar-refractivity contribution is 6.08. The second-order valence-corrected chi connectivity index (χ2v) is 7.94. The van der Waals surface area contributed by atoms with Gasteiger partial charge in [-0.1, -0.05) is 6.07 Å². The first-order chi connectivity index (χ1) is 13.4. The van der Waals surface area contributed by atoms with Crippen LogP contribution in [0.4, 0.5) is 5.69 Å². The molecule has 0 unspecified atom stereocenters. The number of anilines is 1. The number of hydrogen-bond donors (Lipinski definition) is 0. The average molecular weight is 375 g/mol. The van der Waals surface area contributed by atoms with E-state index in [0.29, 0.717) is 24.9 Å². The maximum atomic E-state index is 13.0. The second kappa shape index (κ2) is 6.01. The Morgan fingerprint density at radius 2 is 1.93 bits per heavy atom. The molecular weight excluding hydrogens is 354 g/mol. The zero-order valence-electron chi connectivity index (χ0n) is 16.1. The fourth-order valence-electron chi connectivity index (χ4n) is 3.89. The molecule has 4 heterocycles. The molecule has 6 heteroatoms. The molecule has 28 heavy (non-hydrogen) atoms. The Labute approximate surface area is 163 Å². The largest absolute Gasteiger partial charge is 0.436 e. The standard InChI is InChI=1S/C22H21N3O3/c1-13-8-14(6-7-23-13)19-10-24-20(28-19)15-4-5-17-18(9-15)25(16-11-27-12-16)21(26)22(17,2)3/h4-10,16H,11-12H2,1-3H3. The van der Waals surface area contributed by atoms with Crippen LogP contribution in [0.2, 0.25) is 0 Å². The van der Waals surface area contributed by atoms with Crippen molar-refractivity contribution in [2.24, 2.45) is 0 Å². The molecule has 1 amide bonds. The van der Waals surface area contributed by atoms with Gasteiger partial charge in [-0.05, 0) is 50.6 Å². The molecule has 2 aromatic heterocycles. The summed E-state index contributed by atoms with van der Waals surface area (Å²) in [6.07, 6.45) is 3.48. The first kappa shape index (κ1) is 17.1. The van der Waals surface area contributed by atoms with Crippen LogP contribution < -0.4 is 4.90 Å². The quantitative estimate of drug-likeness (QED) is 0.698. The van der Waals surface area contributed by atoms with Crippen LogP contribution in [-0.2, 0) is 14.9 Å². The topological polar surface area (TPSA) is 68.5 Å². The average Bonchev–Trinajstić information content (AvgIpc) is 3.19. The van der Waals surface area contributed by atoms with Gasteiger partial charge in [0, 0.05) is 28.7 Å². The van der Waals surface area contributed by atoms with Gasteiger partial charge >= 0.3 is 0 Å². The molecule has 1 saturated heterocycles. The number of aryl methyl sites for hydroxylation is 1. The summed E-state index contributed by atoms with van der Waals surface area (Å²) in [7, 11) is 0. The van der Waals surface area contributed by atoms with Crippen molar-refractivity contribution in [3.8, 4) is 22.8 Å². The Balaban J connectivity index is 1.55. The van der Waals surface area contributed by atoms with Crippen LogP contribution >= 0.6 is 0 Å². The summed E-state index contributed by atoms with van der Waals surface area (Å²) in [5, 5.41) is 0. The smallest absolute Gasteiger partial charge is 0.237 e. The molecule has 0 aliphatic carbocycles. The Hall–Kier alpha value is -2.99. The minimum absolute atomic E-state index is 0.100. The van der Waals surface area contributed by atoms with Crippen molar-refractivity contribution in [2.45, 2.75) is 32.2 Å². The third kappa shape index (κ3) is 2.48. The lowest BCUT2D eigenvalue weighted by Crippen LogP contribution is -2.52. The highest BCUT2D eigenvalue weighted by Gasteiger charge is 2.48. The Kier molecular flexibility index (Phi) is 3.67. The van der Waals surface area contributed by atoms with Crippen LogP contribution in [0.3, 0.4) is 0 Å². The molecule has 0 spiro atoms. The van der Waals surface area contributed by atoms with Crippen LogP contribution in [0.15, 0.2) is 47.1 Å². The number of nitrogens with zero attached hydrogens (tertiary/aromatic N) is 3. The summed E-state index contributed by atoms with van der Waals surface area (Å²) in [6.45, 7) is 7.05. The molecule has 6 nitrogen and oxygen atoms in total. The predicted octanol–water partition coefficient (Wildman–Crippen LogP) is 3.74. The molecule has 2 aliphatic rings. The van der Waals surface area contributed by atoms with E-state index in [-0.39, 0.29) is 11.9 Å². The van der Waals surface area contributed by atoms with Gasteiger partial charge in [-0.3, -0.25) is 9.78 Å². The van der Waals surface area contributed by atoms with Crippen molar-refractivity contribution in [1.29, 1.82) is 0 Å². The highest BCUT2D eigenvalue weighted by Crippen LogP contribution is 2.45. The summed E-state index contributed by atoms with van der Waals surface area (Å²) >= 11 is 0. The molecule has 1 aromatic carbocycles. The molecule has 0 radical (unpaired) electrons. The number of carbonyl (C=O) groups excluding carboxylic acids is 1. The highest BCUT2D eigenvalue weighted by atomic mass is 16.5. The summed E-state index contributed by atoms with van der Waals surface area (Å²) in [5.41, 5.74) is 4.14. The van der Waals surface area contributed by atoms with Crippen LogP contribution in [-0.4, -0.2) is 35.1 Å². The molecule has 2 aliphatic heterocycles. The van der Waals surface area contributed by atoms with Crippen molar-refractivity contribution in [3.05, 3.63) is 54.0 Å². The molecule has 0 N–H and O–H groups in total. The van der Waals surface area contributed by atoms with E-state index in [2.05, 4.69) is 9.97 Å². The van der Waals surface area contributed by atoms with Gasteiger partial charge in [0.1, 0.15) is 0 Å². The number of ether oxygens (including phenoxy) is 1. The number of rotatable bonds is 3. The molecule has 3 aromatic rings. The summed E-state index contributed by atoms with van der Waals surface area (Å²) in [5.74, 6) is 1.35. The molecule has 5 rings (SSSR count). The van der Waals surface area contributed by atoms with Crippen molar-refractivity contribution in [1.82, 2.24) is 9.97 Å². The Bertz CT molecular complexity index is 1080. The Morgan fingerprint density at radius 3 is 2.64 bits per heavy atom. The van der Waals surface area contributed by atoms with Gasteiger partial charge in [0.2, 0.25) is 11.8 Å². The lowest BCUT2D eigenvalue weighted by Gasteiger charge is -2.35. The van der Waals surface area contributed by atoms with E-state index in [1.807, 2.05) is 56.0 Å². The predicted molar refractivity (Wildman–Crippen MR) is 105 cm³/mol. The third-order valence-corrected chi connectivity index (χ3v) is 5.60. The van der Waals surface area contributed by atoms with E-state index in [4.69, 9.17) is 9.15 Å². The molecule has 0 saturated carbocycles. The van der Waals surface area contributed by atoms with Gasteiger partial charge < -0.3 is 14.1 Å². The van der Waals surface area contributed by atoms with Crippen molar-refractivity contribution in [2.75, 3.05) is 18.1 Å². The van der Waals surface area contributed by atoms with Crippen molar-refractivity contribution in [3.63, 3.8) is 0 Å². The van der Waals surface area contributed by atoms with Crippen LogP contribution in [0.25, 0.3) is 22.8 Å². The minimum atomic E-state index is -0.542. The number of aromatic nitrogens is 2. The zero-order chi connectivity index (χ0) is 19.5. The molecule has 0 atom stereocenters. The number of fused-ring (bicyclic) bond motifs is 1. The van der Waals surface area contributed by atoms with Gasteiger partial charge in [0.05, 0.1) is 30.9 Å². The van der Waals surface area contributed by atoms with Gasteiger partial charge in [0.25, 0.3) is 0 Å². The van der Waals surface area contributed by atoms with E-state index in [1.165, 1.54) is 0 Å². The third-order valence-electron chi connectivity index (χ3n) is 5.60. The molecule has 142 valence electrons. The number of benzene rings is 1. The van der Waals surface area contributed by atoms with Gasteiger partial charge in [-0.25, -0.2) is 4.98 Å². The molecule has 0 bridgehead atoms. The second-order valence-electron chi connectivity index (χ2n) is 7.94. The van der Waals surface area contributed by atoms with E-state index < -0.39 is 5.41 Å². The van der Waals surface area contributed by atoms with Crippen molar-refractivity contribution < 1.29 is 13.9 Å². The normalized spacial score (nSPS) is 18.2. The number of oxazole rings is 1. The van der Waals surface area contributed by atoms with Crippen LogP contribution in [0.5, 0.6) is 0 Å². The minimum Gasteiger partial charge on any atom is -0.436 e. The fourth-order valence-corrected chi connectivity index (χ4v) is 3.89. The maximum absolute atomic E-state index is 13.0. The number of pyridine rings is 1. The number of amides is 1. The van der Waals surface area contributed by atoms with E-state index in [9.17, 15) is 4.79 Å². The number of hydrogen-bond acceptors (Lipinski definition) is 5. The number of carbonyl (C=O) groups is 1. The first-order valence-electron chi connectivity index (χ1n) is 9.40. The zero-order valence-corrected chi connectivity index (χ0v) is 16.1. The lowest BCUT2D eigenvalue weighted by atomic mass is 9.86. The lowest BCUT2D eigenvalue weighted by molar-refractivity contribution is -0.124. The summed E-state index contributed by atoms with van der Waals surface area (Å²) in [6, 6.07) is 9.97. The molecular formula is C22H21N3O3. The first-order valence-corrected chi connectivity index (χ1v) is 9.40. The molecule has 1 fully saturated rings. The van der Waals surface area contributed by atoms with Gasteiger partial charge in [-0.2, -0.15) is 0 Å². The van der Waals surface area contributed by atoms with E-state index >= 15 is 0 Å². The van der Waals surface area contributed by atoms with Crippen LogP contribution in [0.1, 0.15) is 25.1 Å². The monoisotopic (exact) mass is 375 g/mol.